The van der Waals surface area contributed by atoms with Crippen LogP contribution in [0.15, 0.2) is 0 Å². The Hall–Kier alpha value is -1.18. The van der Waals surface area contributed by atoms with Crippen LogP contribution in [0.1, 0.15) is 52.4 Å². The fourth-order valence-electron chi connectivity index (χ4n) is 5.90. The number of carbonyl (C=O) groups excluding carboxylic acids is 2. The number of hydrogen-bond donors (Lipinski definition) is 0. The third-order valence-corrected chi connectivity index (χ3v) is 6.94. The molecule has 0 aromatic rings. The molecule has 3 aliphatic heterocycles. The number of esters is 2. The lowest BCUT2D eigenvalue weighted by molar-refractivity contribution is -0.304. The van der Waals surface area contributed by atoms with E-state index in [-0.39, 0.29) is 0 Å². The molecule has 9 unspecified atom stereocenters. The summed E-state index contributed by atoms with van der Waals surface area (Å²) in [4.78, 5) is 23.4. The molecule has 7 nitrogen and oxygen atoms in total. The van der Waals surface area contributed by atoms with E-state index >= 15 is 0 Å². The molecule has 2 aliphatic carbocycles. The predicted octanol–water partition coefficient (Wildman–Crippen LogP) is 1.92. The highest BCUT2D eigenvalue weighted by Gasteiger charge is 2.69. The molecule has 0 amide bonds. The van der Waals surface area contributed by atoms with Crippen LogP contribution in [0.3, 0.4) is 0 Å². The third kappa shape index (κ3) is 2.29. The van der Waals surface area contributed by atoms with E-state index in [1.54, 1.807) is 0 Å². The predicted molar refractivity (Wildman–Crippen MR) is 86.6 cm³/mol. The Balaban J connectivity index is 1.39. The zero-order chi connectivity index (χ0) is 18.1. The van der Waals surface area contributed by atoms with E-state index in [1.807, 2.05) is 0 Å². The van der Waals surface area contributed by atoms with Gasteiger partial charge in [0.15, 0.2) is 24.3 Å². The Labute approximate surface area is 152 Å². The van der Waals surface area contributed by atoms with E-state index in [4.69, 9.17) is 23.7 Å². The Bertz CT molecular complexity index is 617. The van der Waals surface area contributed by atoms with Gasteiger partial charge in [0.1, 0.15) is 6.10 Å². The second kappa shape index (κ2) is 5.91. The number of hydrogen-bond acceptors (Lipinski definition) is 7. The first-order valence-corrected chi connectivity index (χ1v) is 9.90. The molecule has 144 valence electrons. The van der Waals surface area contributed by atoms with Crippen molar-refractivity contribution in [2.75, 3.05) is 0 Å². The highest BCUT2D eigenvalue weighted by Crippen LogP contribution is 2.57. The number of carbonyl (C=O) groups is 2. The molecular formula is C19H26O7. The first kappa shape index (κ1) is 17.0. The van der Waals surface area contributed by atoms with E-state index < -0.39 is 48.4 Å². The van der Waals surface area contributed by atoms with Gasteiger partial charge in [0.05, 0.1) is 0 Å². The van der Waals surface area contributed by atoms with Crippen LogP contribution in [0.5, 0.6) is 0 Å². The maximum atomic E-state index is 12.1. The maximum absolute atomic E-state index is 12.1. The monoisotopic (exact) mass is 366 g/mol. The molecule has 0 aromatic heterocycles. The van der Waals surface area contributed by atoms with Crippen molar-refractivity contribution in [2.24, 2.45) is 17.8 Å². The first-order chi connectivity index (χ1) is 12.5. The Morgan fingerprint density at radius 1 is 1.19 bits per heavy atom. The second-order valence-electron chi connectivity index (χ2n) is 8.39. The molecule has 2 bridgehead atoms. The molecule has 0 N–H and O–H groups in total. The molecule has 9 atom stereocenters. The molecule has 3 heterocycles. The molecular weight excluding hydrogens is 340 g/mol. The van der Waals surface area contributed by atoms with E-state index in [0.717, 1.165) is 31.6 Å². The fraction of sp³-hybridized carbons (Fsp3) is 0.895. The molecule has 5 rings (SSSR count). The van der Waals surface area contributed by atoms with Crippen LogP contribution in [0.2, 0.25) is 0 Å². The van der Waals surface area contributed by atoms with Gasteiger partial charge >= 0.3 is 11.9 Å². The molecule has 1 spiro atoms. The minimum atomic E-state index is -1.03. The average Bonchev–Trinajstić information content (AvgIpc) is 3.22. The lowest BCUT2D eigenvalue weighted by Crippen LogP contribution is -2.54. The summed E-state index contributed by atoms with van der Waals surface area (Å²) in [5.41, 5.74) is 0. The Kier molecular flexibility index (Phi) is 3.85. The number of ether oxygens (including phenoxy) is 5. The summed E-state index contributed by atoms with van der Waals surface area (Å²) >= 11 is 0. The molecule has 3 saturated heterocycles. The van der Waals surface area contributed by atoms with Crippen molar-refractivity contribution in [3.05, 3.63) is 0 Å². The Morgan fingerprint density at radius 3 is 2.81 bits per heavy atom. The van der Waals surface area contributed by atoms with Crippen molar-refractivity contribution in [3.63, 3.8) is 0 Å². The average molecular weight is 366 g/mol. The standard InChI is InChI=1S/C19H26O7/c1-3-11-7-10-5-4-6-12(8-10)19(11)25-16-14-13(24-18(16)26-19)15(17(21)23-14)22-9(2)20/h10-16,18H,3-8H2,1-2H3. The van der Waals surface area contributed by atoms with Crippen LogP contribution >= 0.6 is 0 Å². The van der Waals surface area contributed by atoms with Crippen LogP contribution in [-0.2, 0) is 33.3 Å². The molecule has 7 heteroatoms. The summed E-state index contributed by atoms with van der Waals surface area (Å²) in [6.45, 7) is 3.45. The van der Waals surface area contributed by atoms with E-state index in [2.05, 4.69) is 6.92 Å². The van der Waals surface area contributed by atoms with Gasteiger partial charge in [0, 0.05) is 18.8 Å². The molecule has 0 aromatic carbocycles. The summed E-state index contributed by atoms with van der Waals surface area (Å²) in [7, 11) is 0. The fourth-order valence-corrected chi connectivity index (χ4v) is 5.90. The topological polar surface area (TPSA) is 80.3 Å². The van der Waals surface area contributed by atoms with Crippen molar-refractivity contribution in [2.45, 2.75) is 88.9 Å². The summed E-state index contributed by atoms with van der Waals surface area (Å²) in [5.74, 6) is -0.250. The van der Waals surface area contributed by atoms with E-state index in [1.165, 1.54) is 19.8 Å². The van der Waals surface area contributed by atoms with Crippen molar-refractivity contribution in [1.29, 1.82) is 0 Å². The van der Waals surface area contributed by atoms with Crippen LogP contribution in [0.4, 0.5) is 0 Å². The van der Waals surface area contributed by atoms with E-state index in [9.17, 15) is 9.59 Å². The van der Waals surface area contributed by atoms with Crippen LogP contribution in [-0.4, -0.2) is 48.4 Å². The van der Waals surface area contributed by atoms with Gasteiger partial charge in [0.25, 0.3) is 0 Å². The van der Waals surface area contributed by atoms with Crippen molar-refractivity contribution in [1.82, 2.24) is 0 Å². The normalized spacial score (nSPS) is 51.8. The van der Waals surface area contributed by atoms with E-state index in [0.29, 0.717) is 11.8 Å². The van der Waals surface area contributed by atoms with Gasteiger partial charge in [0.2, 0.25) is 6.10 Å². The van der Waals surface area contributed by atoms with Gasteiger partial charge in [-0.05, 0) is 31.6 Å². The third-order valence-electron chi connectivity index (χ3n) is 6.94. The number of fused-ring (bicyclic) bond motifs is 6. The molecule has 2 saturated carbocycles. The largest absolute Gasteiger partial charge is 0.454 e. The van der Waals surface area contributed by atoms with Gasteiger partial charge < -0.3 is 23.7 Å². The smallest absolute Gasteiger partial charge is 0.350 e. The molecule has 0 radical (unpaired) electrons. The zero-order valence-corrected chi connectivity index (χ0v) is 15.2. The summed E-state index contributed by atoms with van der Waals surface area (Å²) in [6.07, 6.45) is 3.62. The first-order valence-electron chi connectivity index (χ1n) is 9.90. The van der Waals surface area contributed by atoms with Gasteiger partial charge in [-0.1, -0.05) is 19.8 Å². The van der Waals surface area contributed by atoms with Crippen LogP contribution in [0, 0.1) is 17.8 Å². The lowest BCUT2D eigenvalue weighted by atomic mass is 9.63. The van der Waals surface area contributed by atoms with Gasteiger partial charge in [-0.15, -0.1) is 0 Å². The van der Waals surface area contributed by atoms with Crippen molar-refractivity contribution in [3.8, 4) is 0 Å². The highest BCUT2D eigenvalue weighted by atomic mass is 16.9. The minimum absolute atomic E-state index is 0.334. The van der Waals surface area contributed by atoms with Gasteiger partial charge in [-0.2, -0.15) is 0 Å². The second-order valence-corrected chi connectivity index (χ2v) is 8.39. The van der Waals surface area contributed by atoms with Crippen molar-refractivity contribution >= 4 is 11.9 Å². The maximum Gasteiger partial charge on any atom is 0.350 e. The summed E-state index contributed by atoms with van der Waals surface area (Å²) < 4.78 is 29.6. The molecule has 5 aliphatic rings. The Morgan fingerprint density at radius 2 is 2.04 bits per heavy atom. The quantitative estimate of drug-likeness (QED) is 0.691. The zero-order valence-electron chi connectivity index (χ0n) is 15.2. The minimum Gasteiger partial charge on any atom is -0.454 e. The summed E-state index contributed by atoms with van der Waals surface area (Å²) in [5, 5.41) is 0. The molecule has 5 fully saturated rings. The molecule has 26 heavy (non-hydrogen) atoms. The lowest BCUT2D eigenvalue weighted by Gasteiger charge is -2.51. The van der Waals surface area contributed by atoms with Crippen LogP contribution < -0.4 is 0 Å². The number of rotatable bonds is 2. The SMILES string of the molecule is CCC1CC2CCCC(C2)C12OC1OC3C(OC(C)=O)C(=O)OC3C1O2. The van der Waals surface area contributed by atoms with Crippen LogP contribution in [0.25, 0.3) is 0 Å². The van der Waals surface area contributed by atoms with Crippen molar-refractivity contribution < 1.29 is 33.3 Å². The summed E-state index contributed by atoms with van der Waals surface area (Å²) in [6, 6.07) is 0. The van der Waals surface area contributed by atoms with Gasteiger partial charge in [-0.3, -0.25) is 4.79 Å². The van der Waals surface area contributed by atoms with Gasteiger partial charge in [-0.25, -0.2) is 4.79 Å². The highest BCUT2D eigenvalue weighted by molar-refractivity contribution is 5.81.